The van der Waals surface area contributed by atoms with E-state index in [9.17, 15) is 14.4 Å². The summed E-state index contributed by atoms with van der Waals surface area (Å²) < 4.78 is 5.64. The summed E-state index contributed by atoms with van der Waals surface area (Å²) in [7, 11) is 0. The topological polar surface area (TPSA) is 98.5 Å². The maximum atomic E-state index is 12.3. The van der Waals surface area contributed by atoms with E-state index in [1.807, 2.05) is 0 Å². The third kappa shape index (κ3) is 6.75. The minimum absolute atomic E-state index is 0.0499. The van der Waals surface area contributed by atoms with Crippen molar-refractivity contribution in [1.29, 1.82) is 0 Å². The number of rotatable bonds is 11. The van der Waals surface area contributed by atoms with Crippen molar-refractivity contribution in [2.75, 3.05) is 11.9 Å². The second-order valence-electron chi connectivity index (χ2n) is 6.89. The van der Waals surface area contributed by atoms with Gasteiger partial charge in [-0.3, -0.25) is 14.4 Å². The van der Waals surface area contributed by atoms with Gasteiger partial charge in [-0.2, -0.15) is 0 Å². The van der Waals surface area contributed by atoms with Crippen LogP contribution in [0.25, 0.3) is 0 Å². The standard InChI is InChI=1S/C23H28N2O4/c1-3-4-5-15-29-18-11-9-17(10-12-18)21(26)13-14-22(27)25-20-8-6-7-19(16(20)2)23(24)28/h6-12H,3-5,13-15H2,1-2H3,(H2,24,28)(H,25,27). The molecule has 0 aliphatic rings. The highest BCUT2D eigenvalue weighted by atomic mass is 16.5. The van der Waals surface area contributed by atoms with Crippen LogP contribution in [0.3, 0.4) is 0 Å². The zero-order chi connectivity index (χ0) is 21.2. The number of benzene rings is 2. The van der Waals surface area contributed by atoms with Crippen LogP contribution in [-0.4, -0.2) is 24.2 Å². The molecule has 0 bridgehead atoms. The zero-order valence-electron chi connectivity index (χ0n) is 17.0. The first-order valence-corrected chi connectivity index (χ1v) is 9.87. The molecule has 0 saturated heterocycles. The Kier molecular flexibility index (Phi) is 8.40. The van der Waals surface area contributed by atoms with Crippen molar-refractivity contribution < 1.29 is 19.1 Å². The summed E-state index contributed by atoms with van der Waals surface area (Å²) in [5.74, 6) is -0.217. The van der Waals surface area contributed by atoms with Gasteiger partial charge in [0.2, 0.25) is 11.8 Å². The van der Waals surface area contributed by atoms with E-state index in [1.54, 1.807) is 49.4 Å². The number of hydrogen-bond donors (Lipinski definition) is 2. The molecule has 0 atom stereocenters. The third-order valence-corrected chi connectivity index (χ3v) is 4.65. The molecule has 0 heterocycles. The van der Waals surface area contributed by atoms with Gasteiger partial charge < -0.3 is 15.8 Å². The number of unbranched alkanes of at least 4 members (excludes halogenated alkanes) is 2. The molecule has 154 valence electrons. The van der Waals surface area contributed by atoms with E-state index >= 15 is 0 Å². The average molecular weight is 396 g/mol. The van der Waals surface area contributed by atoms with Gasteiger partial charge in [-0.1, -0.05) is 25.8 Å². The van der Waals surface area contributed by atoms with Crippen molar-refractivity contribution in [3.8, 4) is 5.75 Å². The molecule has 6 nitrogen and oxygen atoms in total. The monoisotopic (exact) mass is 396 g/mol. The summed E-state index contributed by atoms with van der Waals surface area (Å²) in [6.07, 6.45) is 3.42. The highest BCUT2D eigenvalue weighted by Gasteiger charge is 2.13. The number of anilines is 1. The number of nitrogens with one attached hydrogen (secondary N) is 1. The van der Waals surface area contributed by atoms with Crippen molar-refractivity contribution in [1.82, 2.24) is 0 Å². The molecule has 0 unspecified atom stereocenters. The summed E-state index contributed by atoms with van der Waals surface area (Å²) in [6, 6.07) is 11.9. The van der Waals surface area contributed by atoms with Crippen LogP contribution in [0.1, 0.15) is 65.3 Å². The molecule has 0 aromatic heterocycles. The molecule has 2 amide bonds. The Morgan fingerprint density at radius 3 is 2.38 bits per heavy atom. The number of primary amides is 1. The summed E-state index contributed by atoms with van der Waals surface area (Å²) in [5.41, 5.74) is 7.35. The SMILES string of the molecule is CCCCCOc1ccc(C(=O)CCC(=O)Nc2cccc(C(N)=O)c2C)cc1. The molecule has 0 aliphatic carbocycles. The van der Waals surface area contributed by atoms with Crippen molar-refractivity contribution >= 4 is 23.3 Å². The second kappa shape index (κ2) is 11.0. The molecule has 2 aromatic rings. The summed E-state index contributed by atoms with van der Waals surface area (Å²) in [4.78, 5) is 35.9. The number of carbonyl (C=O) groups excluding carboxylic acids is 3. The number of nitrogens with two attached hydrogens (primary N) is 1. The predicted octanol–water partition coefficient (Wildman–Crippen LogP) is 4.26. The highest BCUT2D eigenvalue weighted by Crippen LogP contribution is 2.19. The van der Waals surface area contributed by atoms with Gasteiger partial charge in [-0.15, -0.1) is 0 Å². The maximum absolute atomic E-state index is 12.3. The lowest BCUT2D eigenvalue weighted by Crippen LogP contribution is -2.17. The van der Waals surface area contributed by atoms with E-state index < -0.39 is 5.91 Å². The molecule has 3 N–H and O–H groups in total. The molecule has 0 radical (unpaired) electrons. The van der Waals surface area contributed by atoms with Gasteiger partial charge in [0.1, 0.15) is 5.75 Å². The molecule has 29 heavy (non-hydrogen) atoms. The van der Waals surface area contributed by atoms with Crippen molar-refractivity contribution in [2.45, 2.75) is 46.0 Å². The maximum Gasteiger partial charge on any atom is 0.249 e. The van der Waals surface area contributed by atoms with Gasteiger partial charge in [0, 0.05) is 29.7 Å². The third-order valence-electron chi connectivity index (χ3n) is 4.65. The largest absolute Gasteiger partial charge is 0.494 e. The molecular formula is C23H28N2O4. The lowest BCUT2D eigenvalue weighted by molar-refractivity contribution is -0.116. The average Bonchev–Trinajstić information content (AvgIpc) is 2.71. The van der Waals surface area contributed by atoms with Gasteiger partial charge in [0.05, 0.1) is 6.61 Å². The van der Waals surface area contributed by atoms with Crippen LogP contribution in [0, 0.1) is 6.92 Å². The fraction of sp³-hybridized carbons (Fsp3) is 0.348. The predicted molar refractivity (Wildman–Crippen MR) is 113 cm³/mol. The van der Waals surface area contributed by atoms with Crippen LogP contribution in [0.2, 0.25) is 0 Å². The number of carbonyl (C=O) groups is 3. The minimum Gasteiger partial charge on any atom is -0.494 e. The van der Waals surface area contributed by atoms with Crippen LogP contribution < -0.4 is 15.8 Å². The van der Waals surface area contributed by atoms with Crippen LogP contribution in [0.5, 0.6) is 5.75 Å². The lowest BCUT2D eigenvalue weighted by Gasteiger charge is -2.11. The quantitative estimate of drug-likeness (QED) is 0.438. The first-order valence-electron chi connectivity index (χ1n) is 9.87. The molecule has 0 aliphatic heterocycles. The fourth-order valence-corrected chi connectivity index (χ4v) is 2.90. The minimum atomic E-state index is -0.549. The Balaban J connectivity index is 1.85. The fourth-order valence-electron chi connectivity index (χ4n) is 2.90. The Bertz CT molecular complexity index is 860. The van der Waals surface area contributed by atoms with E-state index in [2.05, 4.69) is 12.2 Å². The zero-order valence-corrected chi connectivity index (χ0v) is 17.0. The number of Topliss-reactive ketones (excluding diaryl/α,β-unsaturated/α-hetero) is 1. The molecular weight excluding hydrogens is 368 g/mol. The Morgan fingerprint density at radius 2 is 1.72 bits per heavy atom. The Hall–Kier alpha value is -3.15. The van der Waals surface area contributed by atoms with Gasteiger partial charge in [-0.25, -0.2) is 0 Å². The number of ether oxygens (including phenoxy) is 1. The van der Waals surface area contributed by atoms with Crippen LogP contribution >= 0.6 is 0 Å². The second-order valence-corrected chi connectivity index (χ2v) is 6.89. The molecule has 0 spiro atoms. The Morgan fingerprint density at radius 1 is 1.00 bits per heavy atom. The van der Waals surface area contributed by atoms with E-state index in [4.69, 9.17) is 10.5 Å². The molecule has 2 aromatic carbocycles. The Labute approximate surface area is 171 Å². The van der Waals surface area contributed by atoms with Gasteiger partial charge in [0.25, 0.3) is 0 Å². The van der Waals surface area contributed by atoms with E-state index in [0.29, 0.717) is 29.0 Å². The van der Waals surface area contributed by atoms with Crippen LogP contribution in [0.15, 0.2) is 42.5 Å². The summed E-state index contributed by atoms with van der Waals surface area (Å²) in [6.45, 7) is 4.52. The smallest absolute Gasteiger partial charge is 0.249 e. The molecule has 0 fully saturated rings. The molecule has 6 heteroatoms. The van der Waals surface area contributed by atoms with E-state index in [-0.39, 0.29) is 24.5 Å². The lowest BCUT2D eigenvalue weighted by atomic mass is 10.0. The van der Waals surface area contributed by atoms with Crippen molar-refractivity contribution in [3.63, 3.8) is 0 Å². The molecule has 0 saturated carbocycles. The van der Waals surface area contributed by atoms with Crippen molar-refractivity contribution in [3.05, 3.63) is 59.2 Å². The van der Waals surface area contributed by atoms with Gasteiger partial charge in [-0.05, 0) is 55.3 Å². The van der Waals surface area contributed by atoms with E-state index in [0.717, 1.165) is 25.0 Å². The van der Waals surface area contributed by atoms with Crippen LogP contribution in [-0.2, 0) is 4.79 Å². The summed E-state index contributed by atoms with van der Waals surface area (Å²) >= 11 is 0. The first-order chi connectivity index (χ1) is 13.9. The van der Waals surface area contributed by atoms with Crippen LogP contribution in [0.4, 0.5) is 5.69 Å². The number of hydrogen-bond acceptors (Lipinski definition) is 4. The molecule has 2 rings (SSSR count). The normalized spacial score (nSPS) is 10.4. The van der Waals surface area contributed by atoms with Gasteiger partial charge in [0.15, 0.2) is 5.78 Å². The summed E-state index contributed by atoms with van der Waals surface area (Å²) in [5, 5.41) is 2.74. The van der Waals surface area contributed by atoms with Gasteiger partial charge >= 0.3 is 0 Å². The number of amides is 2. The first kappa shape index (κ1) is 22.1. The van der Waals surface area contributed by atoms with Crippen molar-refractivity contribution in [2.24, 2.45) is 5.73 Å². The number of ketones is 1. The highest BCUT2D eigenvalue weighted by molar-refractivity contribution is 6.01. The van der Waals surface area contributed by atoms with E-state index in [1.165, 1.54) is 0 Å².